The summed E-state index contributed by atoms with van der Waals surface area (Å²) >= 11 is 0. The highest BCUT2D eigenvalue weighted by molar-refractivity contribution is 6.02. The van der Waals surface area contributed by atoms with Crippen molar-refractivity contribution >= 4 is 35.1 Å². The standard InChI is InChI=1S/C22H20N4O6/c23-20(28)13-8-14(21(24)29)10-15(9-13)26-19(27)12-32-22(30)17-5-1-2-6-18(17)25-11-16-4-3-7-31-16/h1-10,25H,11-12H2,(H2,23,28)(H2,24,29)(H,26,27). The Morgan fingerprint density at radius 1 is 0.906 bits per heavy atom. The average Bonchev–Trinajstić information content (AvgIpc) is 3.29. The van der Waals surface area contributed by atoms with E-state index in [0.717, 1.165) is 0 Å². The van der Waals surface area contributed by atoms with Crippen LogP contribution in [0.5, 0.6) is 0 Å². The normalized spacial score (nSPS) is 10.2. The molecule has 164 valence electrons. The Morgan fingerprint density at radius 3 is 2.22 bits per heavy atom. The lowest BCUT2D eigenvalue weighted by molar-refractivity contribution is -0.119. The monoisotopic (exact) mass is 436 g/mol. The number of amides is 3. The fourth-order valence-corrected chi connectivity index (χ4v) is 2.80. The van der Waals surface area contributed by atoms with E-state index in [1.807, 2.05) is 0 Å². The summed E-state index contributed by atoms with van der Waals surface area (Å²) in [6, 6.07) is 14.0. The van der Waals surface area contributed by atoms with Gasteiger partial charge in [0.1, 0.15) is 5.76 Å². The van der Waals surface area contributed by atoms with Crippen LogP contribution < -0.4 is 22.1 Å². The van der Waals surface area contributed by atoms with E-state index in [-0.39, 0.29) is 22.4 Å². The van der Waals surface area contributed by atoms with Crippen LogP contribution in [0, 0.1) is 0 Å². The lowest BCUT2D eigenvalue weighted by Crippen LogP contribution is -2.22. The summed E-state index contributed by atoms with van der Waals surface area (Å²) in [6.07, 6.45) is 1.54. The third kappa shape index (κ3) is 5.72. The van der Waals surface area contributed by atoms with Crippen LogP contribution in [0.3, 0.4) is 0 Å². The second-order valence-electron chi connectivity index (χ2n) is 6.63. The number of carbonyl (C=O) groups is 4. The minimum Gasteiger partial charge on any atom is -0.467 e. The summed E-state index contributed by atoms with van der Waals surface area (Å²) in [5.74, 6) is -2.31. The Kier molecular flexibility index (Phi) is 6.86. The largest absolute Gasteiger partial charge is 0.467 e. The van der Waals surface area contributed by atoms with E-state index in [1.165, 1.54) is 18.2 Å². The van der Waals surface area contributed by atoms with Crippen molar-refractivity contribution in [2.24, 2.45) is 11.5 Å². The van der Waals surface area contributed by atoms with Crippen molar-refractivity contribution in [2.75, 3.05) is 17.2 Å². The summed E-state index contributed by atoms with van der Waals surface area (Å²) in [5.41, 5.74) is 11.3. The van der Waals surface area contributed by atoms with E-state index in [4.69, 9.17) is 20.6 Å². The molecule has 3 aromatic rings. The molecule has 0 fully saturated rings. The lowest BCUT2D eigenvalue weighted by atomic mass is 10.1. The van der Waals surface area contributed by atoms with E-state index in [1.54, 1.807) is 42.7 Å². The molecule has 0 spiro atoms. The molecule has 3 amide bonds. The highest BCUT2D eigenvalue weighted by Crippen LogP contribution is 2.18. The molecule has 32 heavy (non-hydrogen) atoms. The Hall–Kier alpha value is -4.60. The Balaban J connectivity index is 1.62. The topological polar surface area (TPSA) is 167 Å². The van der Waals surface area contributed by atoms with Crippen LogP contribution in [0.25, 0.3) is 0 Å². The Labute approximate surface area is 182 Å². The number of hydrogen-bond acceptors (Lipinski definition) is 7. The third-order valence-electron chi connectivity index (χ3n) is 4.30. The number of para-hydroxylation sites is 1. The van der Waals surface area contributed by atoms with Crippen LogP contribution in [0.1, 0.15) is 36.8 Å². The number of benzene rings is 2. The second kappa shape index (κ2) is 9.94. The molecule has 0 saturated carbocycles. The molecule has 0 unspecified atom stereocenters. The zero-order chi connectivity index (χ0) is 23.1. The molecular formula is C22H20N4O6. The number of rotatable bonds is 9. The van der Waals surface area contributed by atoms with Crippen LogP contribution in [0.15, 0.2) is 65.3 Å². The maximum atomic E-state index is 12.5. The van der Waals surface area contributed by atoms with Crippen molar-refractivity contribution in [3.63, 3.8) is 0 Å². The first-order valence-electron chi connectivity index (χ1n) is 9.40. The first-order chi connectivity index (χ1) is 15.3. The van der Waals surface area contributed by atoms with Gasteiger partial charge in [0.15, 0.2) is 6.61 Å². The summed E-state index contributed by atoms with van der Waals surface area (Å²) in [7, 11) is 0. The molecule has 0 atom stereocenters. The van der Waals surface area contributed by atoms with Gasteiger partial charge in [0.2, 0.25) is 11.8 Å². The van der Waals surface area contributed by atoms with Crippen LogP contribution in [-0.2, 0) is 16.1 Å². The van der Waals surface area contributed by atoms with Gasteiger partial charge >= 0.3 is 5.97 Å². The number of nitrogens with two attached hydrogens (primary N) is 2. The van der Waals surface area contributed by atoms with Crippen LogP contribution in [0.2, 0.25) is 0 Å². The van der Waals surface area contributed by atoms with E-state index in [2.05, 4.69) is 10.6 Å². The number of hydrogen-bond donors (Lipinski definition) is 4. The van der Waals surface area contributed by atoms with E-state index in [0.29, 0.717) is 18.0 Å². The SMILES string of the molecule is NC(=O)c1cc(NC(=O)COC(=O)c2ccccc2NCc2ccco2)cc(C(N)=O)c1. The van der Waals surface area contributed by atoms with Gasteiger partial charge < -0.3 is 31.3 Å². The highest BCUT2D eigenvalue weighted by Gasteiger charge is 2.16. The van der Waals surface area contributed by atoms with Gasteiger partial charge in [0, 0.05) is 22.5 Å². The predicted molar refractivity (Wildman–Crippen MR) is 115 cm³/mol. The van der Waals surface area contributed by atoms with Crippen molar-refractivity contribution in [3.8, 4) is 0 Å². The third-order valence-corrected chi connectivity index (χ3v) is 4.30. The van der Waals surface area contributed by atoms with Crippen molar-refractivity contribution < 1.29 is 28.3 Å². The molecule has 1 aromatic heterocycles. The smallest absolute Gasteiger partial charge is 0.340 e. The van der Waals surface area contributed by atoms with Gasteiger partial charge in [0.05, 0.1) is 18.4 Å². The molecule has 2 aromatic carbocycles. The molecule has 3 rings (SSSR count). The second-order valence-corrected chi connectivity index (χ2v) is 6.63. The molecule has 10 heteroatoms. The maximum Gasteiger partial charge on any atom is 0.340 e. The summed E-state index contributed by atoms with van der Waals surface area (Å²) in [4.78, 5) is 47.6. The number of furan rings is 1. The Bertz CT molecular complexity index is 1120. The molecule has 6 N–H and O–H groups in total. The molecule has 0 bridgehead atoms. The van der Waals surface area contributed by atoms with Crippen molar-refractivity contribution in [1.29, 1.82) is 0 Å². The molecule has 10 nitrogen and oxygen atoms in total. The first kappa shape index (κ1) is 22.1. The zero-order valence-electron chi connectivity index (χ0n) is 16.8. The highest BCUT2D eigenvalue weighted by atomic mass is 16.5. The lowest BCUT2D eigenvalue weighted by Gasteiger charge is -2.12. The summed E-state index contributed by atoms with van der Waals surface area (Å²) < 4.78 is 10.3. The van der Waals surface area contributed by atoms with Crippen LogP contribution in [0.4, 0.5) is 11.4 Å². The molecule has 0 saturated heterocycles. The van der Waals surface area contributed by atoms with Crippen LogP contribution in [-0.4, -0.2) is 30.3 Å². The number of nitrogens with one attached hydrogen (secondary N) is 2. The van der Waals surface area contributed by atoms with E-state index in [9.17, 15) is 19.2 Å². The molecule has 1 heterocycles. The van der Waals surface area contributed by atoms with Gasteiger partial charge in [-0.05, 0) is 42.5 Å². The molecule has 0 aliphatic rings. The molecule has 0 aliphatic heterocycles. The number of carbonyl (C=O) groups excluding carboxylic acids is 4. The van der Waals surface area contributed by atoms with Gasteiger partial charge in [-0.25, -0.2) is 4.79 Å². The van der Waals surface area contributed by atoms with Gasteiger partial charge in [-0.2, -0.15) is 0 Å². The van der Waals surface area contributed by atoms with Crippen molar-refractivity contribution in [1.82, 2.24) is 0 Å². The number of ether oxygens (including phenoxy) is 1. The van der Waals surface area contributed by atoms with Gasteiger partial charge in [-0.15, -0.1) is 0 Å². The van der Waals surface area contributed by atoms with Crippen molar-refractivity contribution in [3.05, 3.63) is 83.3 Å². The quantitative estimate of drug-likeness (QED) is 0.371. The predicted octanol–water partition coefficient (Wildman–Crippen LogP) is 1.88. The van der Waals surface area contributed by atoms with Gasteiger partial charge in [-0.1, -0.05) is 12.1 Å². The summed E-state index contributed by atoms with van der Waals surface area (Å²) in [6.45, 7) is -0.242. The first-order valence-corrected chi connectivity index (χ1v) is 9.40. The number of primary amides is 2. The average molecular weight is 436 g/mol. The Morgan fingerprint density at radius 2 is 1.59 bits per heavy atom. The van der Waals surface area contributed by atoms with Crippen LogP contribution >= 0.6 is 0 Å². The van der Waals surface area contributed by atoms with E-state index >= 15 is 0 Å². The van der Waals surface area contributed by atoms with Crippen molar-refractivity contribution in [2.45, 2.75) is 6.54 Å². The fraction of sp³-hybridized carbons (Fsp3) is 0.0909. The minimum atomic E-state index is -0.798. The summed E-state index contributed by atoms with van der Waals surface area (Å²) in [5, 5.41) is 5.51. The fourth-order valence-electron chi connectivity index (χ4n) is 2.80. The zero-order valence-corrected chi connectivity index (χ0v) is 16.8. The minimum absolute atomic E-state index is 0.00912. The number of anilines is 2. The molecule has 0 radical (unpaired) electrons. The molecule has 0 aliphatic carbocycles. The van der Waals surface area contributed by atoms with Gasteiger partial charge in [-0.3, -0.25) is 14.4 Å². The molecular weight excluding hydrogens is 416 g/mol. The van der Waals surface area contributed by atoms with Gasteiger partial charge in [0.25, 0.3) is 5.91 Å². The maximum absolute atomic E-state index is 12.5. The number of esters is 1. The van der Waals surface area contributed by atoms with E-state index < -0.39 is 30.3 Å².